The lowest BCUT2D eigenvalue weighted by Crippen LogP contribution is -2.30. The van der Waals surface area contributed by atoms with Gasteiger partial charge in [-0.2, -0.15) is 11.1 Å². The van der Waals surface area contributed by atoms with Gasteiger partial charge in [-0.3, -0.25) is 4.79 Å². The third-order valence-corrected chi connectivity index (χ3v) is 6.44. The van der Waals surface area contributed by atoms with E-state index in [1.807, 2.05) is 6.92 Å². The fourth-order valence-electron chi connectivity index (χ4n) is 4.22. The molecule has 0 fully saturated rings. The molecular formula is C22H36N6O3. The zero-order valence-corrected chi connectivity index (χ0v) is 19.5. The van der Waals surface area contributed by atoms with Gasteiger partial charge in [0.2, 0.25) is 0 Å². The third-order valence-electron chi connectivity index (χ3n) is 6.44. The zero-order chi connectivity index (χ0) is 23.1. The number of carbonyl (C=O) groups excluding carboxylic acids is 1. The van der Waals surface area contributed by atoms with Crippen molar-refractivity contribution in [3.05, 3.63) is 35.7 Å². The van der Waals surface area contributed by atoms with Gasteiger partial charge in [0.05, 0.1) is 12.6 Å². The van der Waals surface area contributed by atoms with Crippen LogP contribution in [0.15, 0.2) is 28.8 Å². The summed E-state index contributed by atoms with van der Waals surface area (Å²) >= 11 is 0. The van der Waals surface area contributed by atoms with Crippen LogP contribution in [-0.4, -0.2) is 31.6 Å². The Hall–Kier alpha value is -2.55. The Bertz CT molecular complexity index is 828. The second-order valence-electron chi connectivity index (χ2n) is 9.65. The van der Waals surface area contributed by atoms with Crippen LogP contribution >= 0.6 is 0 Å². The molecule has 2 unspecified atom stereocenters. The van der Waals surface area contributed by atoms with Gasteiger partial charge in [-0.25, -0.2) is 0 Å². The van der Waals surface area contributed by atoms with Gasteiger partial charge in [-0.15, -0.1) is 10.2 Å². The number of ketones is 1. The molecule has 0 aliphatic rings. The van der Waals surface area contributed by atoms with E-state index in [4.69, 9.17) is 15.3 Å². The van der Waals surface area contributed by atoms with Gasteiger partial charge in [0.15, 0.2) is 5.82 Å². The summed E-state index contributed by atoms with van der Waals surface area (Å²) in [4.78, 5) is 17.6. The number of nitrogens with zero attached hydrogens (tertiary/aromatic N) is 4. The molecule has 0 amide bonds. The molecule has 0 spiro atoms. The van der Waals surface area contributed by atoms with Gasteiger partial charge in [0.25, 0.3) is 0 Å². The summed E-state index contributed by atoms with van der Waals surface area (Å²) in [5.74, 6) is 5.89. The van der Waals surface area contributed by atoms with Gasteiger partial charge in [0, 0.05) is 11.5 Å². The first-order valence-electron chi connectivity index (χ1n) is 10.8. The molecule has 0 aliphatic carbocycles. The summed E-state index contributed by atoms with van der Waals surface area (Å²) in [6, 6.07) is 0. The molecule has 2 atom stereocenters. The number of nitrogens with one attached hydrogen (secondary N) is 1. The highest BCUT2D eigenvalue weighted by molar-refractivity contribution is 5.82. The van der Waals surface area contributed by atoms with Crippen LogP contribution in [0.3, 0.4) is 0 Å². The lowest BCUT2D eigenvalue weighted by Gasteiger charge is -2.38. The van der Waals surface area contributed by atoms with Crippen LogP contribution in [0.5, 0.6) is 0 Å². The predicted molar refractivity (Wildman–Crippen MR) is 116 cm³/mol. The average Bonchev–Trinajstić information content (AvgIpc) is 3.41. The molecule has 172 valence electrons. The molecule has 2 rings (SSSR count). The number of tetrazole rings is 1. The minimum Gasteiger partial charge on any atom is -0.419 e. The van der Waals surface area contributed by atoms with E-state index < -0.39 is 0 Å². The van der Waals surface area contributed by atoms with E-state index in [-0.39, 0.29) is 34.9 Å². The molecule has 2 aromatic heterocycles. The fourth-order valence-corrected chi connectivity index (χ4v) is 4.22. The first kappa shape index (κ1) is 24.7. The number of rotatable bonds is 13. The lowest BCUT2D eigenvalue weighted by molar-refractivity contribution is -0.121. The predicted octanol–water partition coefficient (Wildman–Crippen LogP) is 3.91. The molecular weight excluding hydrogens is 396 g/mol. The molecule has 31 heavy (non-hydrogen) atoms. The smallest absolute Gasteiger partial charge is 0.181 e. The number of aromatic amines is 1. The SMILES string of the molecule is CCC(/C(=C\ON)CC(C)C(=O)Cc1nn[nH]n1)C(C)(C)CCC(C)(C)c1cnoc1. The van der Waals surface area contributed by atoms with Crippen molar-refractivity contribution in [3.63, 3.8) is 0 Å². The van der Waals surface area contributed by atoms with E-state index in [2.05, 4.69) is 60.4 Å². The van der Waals surface area contributed by atoms with Crippen LogP contribution in [0.25, 0.3) is 0 Å². The van der Waals surface area contributed by atoms with Crippen LogP contribution in [0, 0.1) is 17.3 Å². The molecule has 0 aromatic carbocycles. The molecule has 3 N–H and O–H groups in total. The van der Waals surface area contributed by atoms with Crippen LogP contribution in [0.4, 0.5) is 0 Å². The molecule has 0 bridgehead atoms. The van der Waals surface area contributed by atoms with E-state index in [1.54, 1.807) is 18.7 Å². The van der Waals surface area contributed by atoms with Crippen molar-refractivity contribution in [1.82, 2.24) is 25.8 Å². The molecule has 0 saturated heterocycles. The Balaban J connectivity index is 2.09. The minimum absolute atomic E-state index is 0.0238. The molecule has 0 radical (unpaired) electrons. The Labute approximate surface area is 184 Å². The third kappa shape index (κ3) is 6.72. The van der Waals surface area contributed by atoms with Crippen molar-refractivity contribution in [2.24, 2.45) is 23.1 Å². The van der Waals surface area contributed by atoms with E-state index in [0.717, 1.165) is 30.4 Å². The quantitative estimate of drug-likeness (QED) is 0.359. The highest BCUT2D eigenvalue weighted by Crippen LogP contribution is 2.43. The maximum atomic E-state index is 12.7. The number of hydrogen-bond acceptors (Lipinski definition) is 8. The van der Waals surface area contributed by atoms with E-state index in [9.17, 15) is 4.79 Å². The van der Waals surface area contributed by atoms with Crippen molar-refractivity contribution in [2.45, 2.75) is 79.1 Å². The van der Waals surface area contributed by atoms with Gasteiger partial charge in [-0.05, 0) is 48.0 Å². The Morgan fingerprint density at radius 2 is 2.06 bits per heavy atom. The van der Waals surface area contributed by atoms with E-state index in [1.165, 1.54) is 0 Å². The van der Waals surface area contributed by atoms with Gasteiger partial charge in [-0.1, -0.05) is 51.9 Å². The van der Waals surface area contributed by atoms with Crippen LogP contribution < -0.4 is 5.90 Å². The fraction of sp³-hybridized carbons (Fsp3) is 0.682. The summed E-state index contributed by atoms with van der Waals surface area (Å²) in [5.41, 5.74) is 2.08. The van der Waals surface area contributed by atoms with E-state index in [0.29, 0.717) is 12.2 Å². The second-order valence-corrected chi connectivity index (χ2v) is 9.65. The standard InChI is InChI=1S/C22H36N6O3/c1-7-18(22(5,6)9-8-21(3,4)17-12-24-31-14-17)16(13-30-23)10-15(2)19(29)11-20-25-27-28-26-20/h12-15,18H,7-11,23H2,1-6H3,(H,25,26,27,28)/b16-13-. The summed E-state index contributed by atoms with van der Waals surface area (Å²) in [7, 11) is 0. The number of nitrogens with two attached hydrogens (primary N) is 1. The Kier molecular flexibility index (Phi) is 8.50. The monoisotopic (exact) mass is 432 g/mol. The van der Waals surface area contributed by atoms with Crippen molar-refractivity contribution < 1.29 is 14.2 Å². The molecule has 9 heteroatoms. The van der Waals surface area contributed by atoms with Crippen LogP contribution in [0.1, 0.15) is 78.6 Å². The lowest BCUT2D eigenvalue weighted by atomic mass is 9.66. The Morgan fingerprint density at radius 3 is 2.61 bits per heavy atom. The molecule has 0 aliphatic heterocycles. The topological polar surface area (TPSA) is 133 Å². The summed E-state index contributed by atoms with van der Waals surface area (Å²) < 4.78 is 5.04. The zero-order valence-electron chi connectivity index (χ0n) is 19.5. The molecule has 2 heterocycles. The molecule has 0 saturated carbocycles. The largest absolute Gasteiger partial charge is 0.419 e. The maximum Gasteiger partial charge on any atom is 0.181 e. The number of H-pyrrole nitrogens is 1. The van der Waals surface area contributed by atoms with Crippen molar-refractivity contribution in [1.29, 1.82) is 0 Å². The first-order valence-corrected chi connectivity index (χ1v) is 10.8. The van der Waals surface area contributed by atoms with Crippen molar-refractivity contribution in [2.75, 3.05) is 0 Å². The van der Waals surface area contributed by atoms with Gasteiger partial charge in [0.1, 0.15) is 18.3 Å². The van der Waals surface area contributed by atoms with Gasteiger partial charge < -0.3 is 9.36 Å². The van der Waals surface area contributed by atoms with Crippen LogP contribution in [0.2, 0.25) is 0 Å². The van der Waals surface area contributed by atoms with Crippen molar-refractivity contribution >= 4 is 5.78 Å². The highest BCUT2D eigenvalue weighted by Gasteiger charge is 2.35. The first-order chi connectivity index (χ1) is 14.6. The summed E-state index contributed by atoms with van der Waals surface area (Å²) in [6.07, 6.45) is 8.72. The minimum atomic E-state index is -0.210. The number of hydrogen-bond donors (Lipinski definition) is 2. The normalized spacial score (nSPS) is 15.0. The number of carbonyl (C=O) groups is 1. The summed E-state index contributed by atoms with van der Waals surface area (Å²) in [6.45, 7) is 13.0. The molecule has 9 nitrogen and oxygen atoms in total. The van der Waals surface area contributed by atoms with Crippen molar-refractivity contribution in [3.8, 4) is 0 Å². The number of Topliss-reactive ketones (excluding diaryl/α,β-unsaturated/α-hetero) is 1. The second kappa shape index (κ2) is 10.7. The maximum absolute atomic E-state index is 12.7. The van der Waals surface area contributed by atoms with E-state index >= 15 is 0 Å². The highest BCUT2D eigenvalue weighted by atomic mass is 16.6. The number of aromatic nitrogens is 5. The Morgan fingerprint density at radius 1 is 1.32 bits per heavy atom. The van der Waals surface area contributed by atoms with Crippen LogP contribution in [-0.2, 0) is 21.5 Å². The average molecular weight is 433 g/mol. The summed E-state index contributed by atoms with van der Waals surface area (Å²) in [5, 5.41) is 17.5. The van der Waals surface area contributed by atoms with Gasteiger partial charge >= 0.3 is 0 Å². The molecule has 2 aromatic rings. The number of allylic oxidation sites excluding steroid dienone is 1.